The van der Waals surface area contributed by atoms with Crippen LogP contribution in [0.4, 0.5) is 5.13 Å². The van der Waals surface area contributed by atoms with Gasteiger partial charge in [0.1, 0.15) is 17.0 Å². The molecule has 0 aliphatic rings. The van der Waals surface area contributed by atoms with Gasteiger partial charge in [-0.2, -0.15) is 0 Å². The van der Waals surface area contributed by atoms with Gasteiger partial charge in [-0.15, -0.1) is 0 Å². The van der Waals surface area contributed by atoms with E-state index < -0.39 is 0 Å². The van der Waals surface area contributed by atoms with Gasteiger partial charge in [0.2, 0.25) is 0 Å². The number of fused-ring (bicyclic) bond motifs is 1. The molecule has 3 rings (SSSR count). The number of anilines is 1. The SMILES string of the molecule is CCCCOc1ccc(C(=O)Nc2nc3c(OC)cccc3s2)cc1. The molecule has 0 spiro atoms. The van der Waals surface area contributed by atoms with Gasteiger partial charge in [-0.05, 0) is 42.8 Å². The van der Waals surface area contributed by atoms with Gasteiger partial charge in [0.05, 0.1) is 18.4 Å². The van der Waals surface area contributed by atoms with Crippen LogP contribution < -0.4 is 14.8 Å². The molecule has 1 N–H and O–H groups in total. The molecule has 0 unspecified atom stereocenters. The number of nitrogens with zero attached hydrogens (tertiary/aromatic N) is 1. The summed E-state index contributed by atoms with van der Waals surface area (Å²) in [7, 11) is 1.61. The van der Waals surface area contributed by atoms with E-state index in [1.165, 1.54) is 11.3 Å². The fourth-order valence-corrected chi connectivity index (χ4v) is 3.23. The molecule has 2 aromatic carbocycles. The summed E-state index contributed by atoms with van der Waals surface area (Å²) in [6.45, 7) is 2.81. The van der Waals surface area contributed by atoms with E-state index in [0.717, 1.165) is 28.8 Å². The number of ether oxygens (including phenoxy) is 2. The van der Waals surface area contributed by atoms with E-state index in [0.29, 0.717) is 23.1 Å². The highest BCUT2D eigenvalue weighted by atomic mass is 32.1. The molecule has 1 aromatic heterocycles. The summed E-state index contributed by atoms with van der Waals surface area (Å²) in [5.41, 5.74) is 1.32. The summed E-state index contributed by atoms with van der Waals surface area (Å²) in [4.78, 5) is 16.9. The lowest BCUT2D eigenvalue weighted by atomic mass is 10.2. The van der Waals surface area contributed by atoms with Crippen molar-refractivity contribution in [1.82, 2.24) is 4.98 Å². The molecule has 1 heterocycles. The fourth-order valence-electron chi connectivity index (χ4n) is 2.35. The molecule has 5 nitrogen and oxygen atoms in total. The minimum atomic E-state index is -0.196. The van der Waals surface area contributed by atoms with E-state index >= 15 is 0 Å². The molecule has 0 aliphatic heterocycles. The van der Waals surface area contributed by atoms with Gasteiger partial charge in [-0.3, -0.25) is 10.1 Å². The Bertz CT molecular complexity index is 859. The summed E-state index contributed by atoms with van der Waals surface area (Å²) in [6, 6.07) is 12.8. The number of para-hydroxylation sites is 1. The van der Waals surface area contributed by atoms with E-state index in [1.54, 1.807) is 19.2 Å². The number of nitrogens with one attached hydrogen (secondary N) is 1. The predicted octanol–water partition coefficient (Wildman–Crippen LogP) is 4.74. The van der Waals surface area contributed by atoms with Gasteiger partial charge in [-0.1, -0.05) is 30.7 Å². The Labute approximate surface area is 150 Å². The van der Waals surface area contributed by atoms with Crippen molar-refractivity contribution in [2.24, 2.45) is 0 Å². The highest BCUT2D eigenvalue weighted by Gasteiger charge is 2.12. The number of aromatic nitrogens is 1. The third-order valence-electron chi connectivity index (χ3n) is 3.71. The predicted molar refractivity (Wildman–Crippen MR) is 101 cm³/mol. The number of unbranched alkanes of at least 4 members (excludes halogenated alkanes) is 1. The molecule has 0 aliphatic carbocycles. The van der Waals surface area contributed by atoms with Gasteiger partial charge >= 0.3 is 0 Å². The van der Waals surface area contributed by atoms with Crippen molar-refractivity contribution in [3.63, 3.8) is 0 Å². The summed E-state index contributed by atoms with van der Waals surface area (Å²) in [6.07, 6.45) is 2.11. The molecule has 6 heteroatoms. The largest absolute Gasteiger partial charge is 0.494 e. The average molecular weight is 356 g/mol. The topological polar surface area (TPSA) is 60.5 Å². The maximum atomic E-state index is 12.4. The summed E-state index contributed by atoms with van der Waals surface area (Å²) < 4.78 is 11.9. The van der Waals surface area contributed by atoms with Gasteiger partial charge < -0.3 is 9.47 Å². The van der Waals surface area contributed by atoms with E-state index in [9.17, 15) is 4.79 Å². The van der Waals surface area contributed by atoms with Crippen LogP contribution in [-0.4, -0.2) is 24.6 Å². The Hall–Kier alpha value is -2.60. The number of thiazole rings is 1. The number of hydrogen-bond donors (Lipinski definition) is 1. The van der Waals surface area contributed by atoms with Gasteiger partial charge in [-0.25, -0.2) is 4.98 Å². The molecule has 0 radical (unpaired) electrons. The number of carbonyl (C=O) groups excluding carboxylic acids is 1. The van der Waals surface area contributed by atoms with Crippen LogP contribution in [0.25, 0.3) is 10.2 Å². The van der Waals surface area contributed by atoms with Crippen molar-refractivity contribution < 1.29 is 14.3 Å². The van der Waals surface area contributed by atoms with E-state index in [4.69, 9.17) is 9.47 Å². The molecule has 0 fully saturated rings. The maximum absolute atomic E-state index is 12.4. The molecule has 1 amide bonds. The van der Waals surface area contributed by atoms with Crippen LogP contribution in [0.1, 0.15) is 30.1 Å². The summed E-state index contributed by atoms with van der Waals surface area (Å²) in [5, 5.41) is 3.39. The van der Waals surface area contributed by atoms with E-state index in [-0.39, 0.29) is 5.91 Å². The zero-order chi connectivity index (χ0) is 17.6. The monoisotopic (exact) mass is 356 g/mol. The second-order valence-corrected chi connectivity index (χ2v) is 6.54. The molecule has 0 atom stereocenters. The van der Waals surface area contributed by atoms with Crippen LogP contribution in [0.3, 0.4) is 0 Å². The number of amides is 1. The highest BCUT2D eigenvalue weighted by Crippen LogP contribution is 2.32. The molecule has 0 saturated carbocycles. The lowest BCUT2D eigenvalue weighted by Gasteiger charge is -2.06. The van der Waals surface area contributed by atoms with Crippen molar-refractivity contribution in [3.05, 3.63) is 48.0 Å². The second kappa shape index (κ2) is 7.98. The summed E-state index contributed by atoms with van der Waals surface area (Å²) >= 11 is 1.42. The minimum absolute atomic E-state index is 0.196. The Morgan fingerprint density at radius 1 is 1.20 bits per heavy atom. The lowest BCUT2D eigenvalue weighted by molar-refractivity contribution is 0.102. The fraction of sp³-hybridized carbons (Fsp3) is 0.263. The molecular formula is C19H20N2O3S. The number of methoxy groups -OCH3 is 1. The number of carbonyl (C=O) groups is 1. The first-order valence-corrected chi connectivity index (χ1v) is 9.00. The first-order chi connectivity index (χ1) is 12.2. The van der Waals surface area contributed by atoms with Gasteiger partial charge in [0.15, 0.2) is 5.13 Å². The maximum Gasteiger partial charge on any atom is 0.257 e. The Balaban J connectivity index is 1.69. The normalized spacial score (nSPS) is 10.6. The van der Waals surface area contributed by atoms with Gasteiger partial charge in [0.25, 0.3) is 5.91 Å². The van der Waals surface area contributed by atoms with Crippen LogP contribution >= 0.6 is 11.3 Å². The molecule has 3 aromatic rings. The van der Waals surface area contributed by atoms with Crippen molar-refractivity contribution in [1.29, 1.82) is 0 Å². The first kappa shape index (κ1) is 17.2. The number of rotatable bonds is 7. The van der Waals surface area contributed by atoms with Crippen molar-refractivity contribution >= 4 is 32.6 Å². The standard InChI is InChI=1S/C19H20N2O3S/c1-3-4-12-24-14-10-8-13(9-11-14)18(22)21-19-20-17-15(23-2)6-5-7-16(17)25-19/h5-11H,3-4,12H2,1-2H3,(H,20,21,22). The van der Waals surface area contributed by atoms with Crippen LogP contribution in [0.2, 0.25) is 0 Å². The van der Waals surface area contributed by atoms with Crippen molar-refractivity contribution in [3.8, 4) is 11.5 Å². The second-order valence-electron chi connectivity index (χ2n) is 5.51. The zero-order valence-corrected chi connectivity index (χ0v) is 15.1. The quantitative estimate of drug-likeness (QED) is 0.621. The smallest absolute Gasteiger partial charge is 0.257 e. The Morgan fingerprint density at radius 2 is 2.00 bits per heavy atom. The average Bonchev–Trinajstić information content (AvgIpc) is 3.04. The van der Waals surface area contributed by atoms with Crippen LogP contribution in [0.5, 0.6) is 11.5 Å². The number of benzene rings is 2. The third kappa shape index (κ3) is 4.09. The van der Waals surface area contributed by atoms with Crippen molar-refractivity contribution in [2.45, 2.75) is 19.8 Å². The highest BCUT2D eigenvalue weighted by molar-refractivity contribution is 7.22. The van der Waals surface area contributed by atoms with Gasteiger partial charge in [0, 0.05) is 5.56 Å². The summed E-state index contributed by atoms with van der Waals surface area (Å²) in [5.74, 6) is 1.27. The molecule has 0 bridgehead atoms. The molecule has 130 valence electrons. The minimum Gasteiger partial charge on any atom is -0.494 e. The lowest BCUT2D eigenvalue weighted by Crippen LogP contribution is -2.11. The molecule has 25 heavy (non-hydrogen) atoms. The van der Waals surface area contributed by atoms with Crippen LogP contribution in [-0.2, 0) is 0 Å². The van der Waals surface area contributed by atoms with E-state index in [2.05, 4.69) is 17.2 Å². The Morgan fingerprint density at radius 3 is 2.72 bits per heavy atom. The zero-order valence-electron chi connectivity index (χ0n) is 14.2. The van der Waals surface area contributed by atoms with Crippen molar-refractivity contribution in [2.75, 3.05) is 19.0 Å². The van der Waals surface area contributed by atoms with Crippen LogP contribution in [0, 0.1) is 0 Å². The molecular weight excluding hydrogens is 336 g/mol. The number of hydrogen-bond acceptors (Lipinski definition) is 5. The third-order valence-corrected chi connectivity index (χ3v) is 4.64. The van der Waals surface area contributed by atoms with Crippen LogP contribution in [0.15, 0.2) is 42.5 Å². The first-order valence-electron chi connectivity index (χ1n) is 8.19. The van der Waals surface area contributed by atoms with E-state index in [1.807, 2.05) is 30.3 Å². The molecule has 0 saturated heterocycles. The Kier molecular flexibility index (Phi) is 5.50.